The molecule has 0 atom stereocenters. The van der Waals surface area contributed by atoms with Crippen LogP contribution < -0.4 is 10.2 Å². The van der Waals surface area contributed by atoms with Gasteiger partial charge in [0.25, 0.3) is 0 Å². The average molecular weight is 437 g/mol. The van der Waals surface area contributed by atoms with Crippen molar-refractivity contribution in [3.8, 4) is 0 Å². The molecule has 0 saturated heterocycles. The molecule has 1 N–H and O–H groups in total. The van der Waals surface area contributed by atoms with Crippen molar-refractivity contribution < 1.29 is 18.1 Å². The minimum Gasteiger partial charge on any atom is -0.377 e. The zero-order chi connectivity index (χ0) is 20.4. The second kappa shape index (κ2) is 12.4. The summed E-state index contributed by atoms with van der Waals surface area (Å²) in [5.41, 5.74) is 2.85. The van der Waals surface area contributed by atoms with Crippen molar-refractivity contribution in [3.05, 3.63) is 67.3 Å². The van der Waals surface area contributed by atoms with Gasteiger partial charge < -0.3 is 23.5 Å². The average Bonchev–Trinajstić information content (AvgIpc) is 2.76. The van der Waals surface area contributed by atoms with E-state index >= 15 is 0 Å². The summed E-state index contributed by atoms with van der Waals surface area (Å²) in [6.45, 7) is 4.24. The maximum atomic E-state index is 11.5. The Kier molecular flexibility index (Phi) is 10.6. The molecule has 0 heterocycles. The van der Waals surface area contributed by atoms with Gasteiger partial charge in [-0.05, 0) is 48.9 Å². The van der Waals surface area contributed by atoms with Gasteiger partial charge in [0.15, 0.2) is 0 Å². The fraction of sp³-hybridized carbons (Fsp3) is 0.286. The number of carbonyl (C=O) groups is 1. The van der Waals surface area contributed by atoms with Crippen molar-refractivity contribution in [2.24, 2.45) is 0 Å². The van der Waals surface area contributed by atoms with Crippen LogP contribution in [0, 0.1) is 0 Å². The molecule has 1 amide bonds. The van der Waals surface area contributed by atoms with E-state index in [0.717, 1.165) is 30.0 Å². The normalized spacial score (nSPS) is 10.7. The van der Waals surface area contributed by atoms with Crippen LogP contribution in [0.2, 0.25) is 6.04 Å². The predicted molar refractivity (Wildman–Crippen MR) is 122 cm³/mol. The van der Waals surface area contributed by atoms with E-state index in [1.807, 2.05) is 42.5 Å². The molecule has 0 aliphatic heterocycles. The molecule has 0 bridgehead atoms. The SMILES string of the molecule is C=CC(=O)Nc1ccc(N(CCC[Si](OC)(OC)OC)c2ccccc2)cc1.Cl. The summed E-state index contributed by atoms with van der Waals surface area (Å²) in [6.07, 6.45) is 2.09. The van der Waals surface area contributed by atoms with Gasteiger partial charge in [0.2, 0.25) is 5.91 Å². The van der Waals surface area contributed by atoms with E-state index in [-0.39, 0.29) is 18.3 Å². The van der Waals surface area contributed by atoms with Crippen LogP contribution in [0.4, 0.5) is 17.1 Å². The number of nitrogens with one attached hydrogen (secondary N) is 1. The van der Waals surface area contributed by atoms with Crippen LogP contribution in [0.3, 0.4) is 0 Å². The van der Waals surface area contributed by atoms with Crippen molar-refractivity contribution in [1.82, 2.24) is 0 Å². The lowest BCUT2D eigenvalue weighted by Gasteiger charge is -2.28. The summed E-state index contributed by atoms with van der Waals surface area (Å²) in [6, 6.07) is 18.6. The molecule has 2 aromatic rings. The lowest BCUT2D eigenvalue weighted by atomic mass is 10.2. The van der Waals surface area contributed by atoms with E-state index in [9.17, 15) is 4.79 Å². The number of para-hydroxylation sites is 1. The fourth-order valence-corrected chi connectivity index (χ4v) is 4.65. The van der Waals surface area contributed by atoms with Gasteiger partial charge in [0.1, 0.15) is 0 Å². The Bertz CT molecular complexity index is 747. The Morgan fingerprint density at radius 3 is 2.07 bits per heavy atom. The molecule has 2 aromatic carbocycles. The van der Waals surface area contributed by atoms with E-state index in [0.29, 0.717) is 6.04 Å². The van der Waals surface area contributed by atoms with Crippen LogP contribution in [0.5, 0.6) is 0 Å². The molecular formula is C21H29ClN2O4Si. The summed E-state index contributed by atoms with van der Waals surface area (Å²) in [5.74, 6) is -0.229. The van der Waals surface area contributed by atoms with Crippen LogP contribution in [0.25, 0.3) is 0 Å². The molecule has 0 unspecified atom stereocenters. The van der Waals surface area contributed by atoms with Crippen LogP contribution in [-0.2, 0) is 18.1 Å². The van der Waals surface area contributed by atoms with Gasteiger partial charge in [-0.2, -0.15) is 0 Å². The summed E-state index contributed by atoms with van der Waals surface area (Å²) in [5, 5.41) is 2.76. The standard InChI is InChI=1S/C21H28N2O4Si.ClH/c1-5-21(24)22-18-12-14-20(15-13-18)23(19-10-7-6-8-11-19)16-9-17-28(25-2,26-3)27-4;/h5-8,10-15H,1,9,16-17H2,2-4H3,(H,22,24);1H. The highest BCUT2D eigenvalue weighted by atomic mass is 35.5. The first-order chi connectivity index (χ1) is 13.6. The molecular weight excluding hydrogens is 408 g/mol. The van der Waals surface area contributed by atoms with Gasteiger partial charge in [-0.15, -0.1) is 12.4 Å². The first-order valence-corrected chi connectivity index (χ1v) is 11.0. The molecule has 0 saturated carbocycles. The second-order valence-corrected chi connectivity index (χ2v) is 9.22. The summed E-state index contributed by atoms with van der Waals surface area (Å²) in [7, 11) is 2.29. The summed E-state index contributed by atoms with van der Waals surface area (Å²) < 4.78 is 16.6. The minimum absolute atomic E-state index is 0. The van der Waals surface area contributed by atoms with Gasteiger partial charge in [-0.1, -0.05) is 24.8 Å². The van der Waals surface area contributed by atoms with E-state index in [2.05, 4.69) is 28.9 Å². The molecule has 0 aromatic heterocycles. The Labute approximate surface area is 180 Å². The molecule has 2 rings (SSSR count). The fourth-order valence-electron chi connectivity index (χ4n) is 2.94. The second-order valence-electron chi connectivity index (χ2n) is 6.13. The van der Waals surface area contributed by atoms with Crippen molar-refractivity contribution >= 4 is 44.2 Å². The molecule has 8 heteroatoms. The number of anilines is 3. The lowest BCUT2D eigenvalue weighted by molar-refractivity contribution is -0.111. The van der Waals surface area contributed by atoms with Gasteiger partial charge in [0.05, 0.1) is 0 Å². The molecule has 158 valence electrons. The van der Waals surface area contributed by atoms with Crippen LogP contribution >= 0.6 is 12.4 Å². The smallest absolute Gasteiger partial charge is 0.377 e. The first-order valence-electron chi connectivity index (χ1n) is 9.09. The molecule has 29 heavy (non-hydrogen) atoms. The molecule has 0 radical (unpaired) electrons. The highest BCUT2D eigenvalue weighted by Gasteiger charge is 2.37. The number of carbonyl (C=O) groups excluding carboxylic acids is 1. The number of halogens is 1. The molecule has 0 aliphatic rings. The summed E-state index contributed by atoms with van der Waals surface area (Å²) >= 11 is 0. The highest BCUT2D eigenvalue weighted by molar-refractivity contribution is 6.60. The number of benzene rings is 2. The Hall–Kier alpha value is -2.16. The van der Waals surface area contributed by atoms with Crippen molar-refractivity contribution in [1.29, 1.82) is 0 Å². The largest absolute Gasteiger partial charge is 0.500 e. The number of hydrogen-bond acceptors (Lipinski definition) is 5. The number of rotatable bonds is 11. The minimum atomic E-state index is -2.60. The van der Waals surface area contributed by atoms with E-state index < -0.39 is 8.80 Å². The van der Waals surface area contributed by atoms with Crippen LogP contribution in [0.1, 0.15) is 6.42 Å². The lowest BCUT2D eigenvalue weighted by Crippen LogP contribution is -2.43. The first kappa shape index (κ1) is 24.9. The third-order valence-electron chi connectivity index (χ3n) is 4.50. The highest BCUT2D eigenvalue weighted by Crippen LogP contribution is 2.28. The van der Waals surface area contributed by atoms with E-state index in [4.69, 9.17) is 13.3 Å². The Morgan fingerprint density at radius 1 is 1.00 bits per heavy atom. The Morgan fingerprint density at radius 2 is 1.55 bits per heavy atom. The zero-order valence-electron chi connectivity index (χ0n) is 17.1. The number of nitrogens with zero attached hydrogens (tertiary/aromatic N) is 1. The van der Waals surface area contributed by atoms with Crippen molar-refractivity contribution in [2.75, 3.05) is 38.1 Å². The zero-order valence-corrected chi connectivity index (χ0v) is 18.9. The van der Waals surface area contributed by atoms with Crippen molar-refractivity contribution in [3.63, 3.8) is 0 Å². The molecule has 0 fully saturated rings. The monoisotopic (exact) mass is 436 g/mol. The molecule has 0 spiro atoms. The van der Waals surface area contributed by atoms with Crippen LogP contribution in [0.15, 0.2) is 67.3 Å². The predicted octanol–water partition coefficient (Wildman–Crippen LogP) is 4.64. The third-order valence-corrected chi connectivity index (χ3v) is 7.33. The molecule has 0 aliphatic carbocycles. The number of amides is 1. The van der Waals surface area contributed by atoms with Gasteiger partial charge in [-0.25, -0.2) is 0 Å². The maximum absolute atomic E-state index is 11.5. The van der Waals surface area contributed by atoms with E-state index in [1.54, 1.807) is 21.3 Å². The maximum Gasteiger partial charge on any atom is 0.500 e. The third kappa shape index (κ3) is 6.99. The quantitative estimate of drug-likeness (QED) is 0.410. The number of hydrogen-bond donors (Lipinski definition) is 1. The van der Waals surface area contributed by atoms with Gasteiger partial charge in [0, 0.05) is 51.0 Å². The van der Waals surface area contributed by atoms with Gasteiger partial charge in [-0.3, -0.25) is 4.79 Å². The van der Waals surface area contributed by atoms with Crippen LogP contribution in [-0.4, -0.2) is 42.6 Å². The van der Waals surface area contributed by atoms with Crippen molar-refractivity contribution in [2.45, 2.75) is 12.5 Å². The topological polar surface area (TPSA) is 60.0 Å². The van der Waals surface area contributed by atoms with Gasteiger partial charge >= 0.3 is 8.80 Å². The molecule has 6 nitrogen and oxygen atoms in total. The summed E-state index contributed by atoms with van der Waals surface area (Å²) in [4.78, 5) is 13.7. The Balaban J connectivity index is 0.00000420. The van der Waals surface area contributed by atoms with E-state index in [1.165, 1.54) is 6.08 Å².